The fraction of sp³-hybridized carbons (Fsp3) is 0.529. The summed E-state index contributed by atoms with van der Waals surface area (Å²) >= 11 is 0. The summed E-state index contributed by atoms with van der Waals surface area (Å²) in [6.45, 7) is 6.03. The van der Waals surface area contributed by atoms with Crippen LogP contribution in [0.4, 0.5) is 4.79 Å². The summed E-state index contributed by atoms with van der Waals surface area (Å²) in [5.74, 6) is 0.0221. The molecule has 1 aromatic carbocycles. The highest BCUT2D eigenvalue weighted by Gasteiger charge is 2.27. The Morgan fingerprint density at radius 3 is 2.52 bits per heavy atom. The largest absolute Gasteiger partial charge is 0.486 e. The van der Waals surface area contributed by atoms with Crippen LogP contribution in [0.2, 0.25) is 0 Å². The Morgan fingerprint density at radius 1 is 1.28 bits per heavy atom. The number of nitrogens with one attached hydrogen (secondary N) is 1. The molecule has 138 valence electrons. The number of nitrogens with two attached hydrogens (primary N) is 1. The molecule has 4 N–H and O–H groups in total. The minimum absolute atomic E-state index is 0.00815. The molecular formula is C17H24N2O6. The Hall–Kier alpha value is -2.48. The molecule has 0 saturated heterocycles. The number of hydrogen-bond acceptors (Lipinski definition) is 6. The average Bonchev–Trinajstić information content (AvgIpc) is 2.51. The number of carboxylic acid groups (broad SMARTS) is 1. The molecule has 1 heterocycles. The Bertz CT molecular complexity index is 641. The second-order valence-electron chi connectivity index (χ2n) is 6.78. The van der Waals surface area contributed by atoms with Gasteiger partial charge in [-0.05, 0) is 44.9 Å². The molecule has 8 nitrogen and oxygen atoms in total. The number of carbonyl (C=O) groups is 2. The van der Waals surface area contributed by atoms with Gasteiger partial charge < -0.3 is 30.4 Å². The van der Waals surface area contributed by atoms with Gasteiger partial charge in [-0.2, -0.15) is 0 Å². The lowest BCUT2D eigenvalue weighted by Gasteiger charge is -2.24. The van der Waals surface area contributed by atoms with E-state index in [0.29, 0.717) is 30.3 Å². The van der Waals surface area contributed by atoms with E-state index in [1.165, 1.54) is 0 Å². The van der Waals surface area contributed by atoms with Crippen LogP contribution in [0.15, 0.2) is 18.2 Å². The zero-order chi connectivity index (χ0) is 18.6. The molecule has 0 aromatic heterocycles. The van der Waals surface area contributed by atoms with Gasteiger partial charge in [0.15, 0.2) is 11.5 Å². The van der Waals surface area contributed by atoms with Crippen molar-refractivity contribution in [1.82, 2.24) is 5.32 Å². The summed E-state index contributed by atoms with van der Waals surface area (Å²) in [5.41, 5.74) is 6.10. The maximum Gasteiger partial charge on any atom is 0.408 e. The van der Waals surface area contributed by atoms with Crippen molar-refractivity contribution in [3.8, 4) is 11.5 Å². The van der Waals surface area contributed by atoms with Crippen molar-refractivity contribution in [3.05, 3.63) is 23.8 Å². The fourth-order valence-corrected chi connectivity index (χ4v) is 2.35. The standard InChI is InChI=1S/C17H24N2O6/c1-17(2,3)25-16(22)19-12(15(20)21)9-11(18)10-4-5-13-14(8-10)24-7-6-23-13/h4-5,8,11-12H,6-7,9,18H2,1-3H3,(H,19,22)(H,20,21)/t11-,12-/m1/s1. The van der Waals surface area contributed by atoms with Crippen LogP contribution >= 0.6 is 0 Å². The van der Waals surface area contributed by atoms with Crippen LogP contribution in [0.1, 0.15) is 38.8 Å². The molecule has 0 fully saturated rings. The Balaban J connectivity index is 2.03. The van der Waals surface area contributed by atoms with Crippen molar-refractivity contribution in [1.29, 1.82) is 0 Å². The average molecular weight is 352 g/mol. The molecule has 8 heteroatoms. The van der Waals surface area contributed by atoms with Crippen LogP contribution in [0.3, 0.4) is 0 Å². The number of carboxylic acids is 1. The number of benzene rings is 1. The van der Waals surface area contributed by atoms with Crippen molar-refractivity contribution in [2.75, 3.05) is 13.2 Å². The summed E-state index contributed by atoms with van der Waals surface area (Å²) in [4.78, 5) is 23.2. The van der Waals surface area contributed by atoms with Gasteiger partial charge in [0, 0.05) is 6.04 Å². The Morgan fingerprint density at radius 2 is 1.92 bits per heavy atom. The van der Waals surface area contributed by atoms with Crippen molar-refractivity contribution in [2.45, 2.75) is 44.9 Å². The molecule has 0 radical (unpaired) electrons. The van der Waals surface area contributed by atoms with Crippen LogP contribution in [-0.2, 0) is 9.53 Å². The number of alkyl carbamates (subject to hydrolysis) is 1. The predicted molar refractivity (Wildman–Crippen MR) is 89.8 cm³/mol. The predicted octanol–water partition coefficient (Wildman–Crippen LogP) is 1.83. The second kappa shape index (κ2) is 7.60. The molecule has 0 spiro atoms. The fourth-order valence-electron chi connectivity index (χ4n) is 2.35. The van der Waals surface area contributed by atoms with Crippen LogP contribution in [0.5, 0.6) is 11.5 Å². The lowest BCUT2D eigenvalue weighted by Crippen LogP contribution is -2.44. The van der Waals surface area contributed by atoms with Crippen molar-refractivity contribution in [2.24, 2.45) is 5.73 Å². The molecular weight excluding hydrogens is 328 g/mol. The molecule has 1 amide bonds. The van der Waals surface area contributed by atoms with E-state index in [0.717, 1.165) is 0 Å². The summed E-state index contributed by atoms with van der Waals surface area (Å²) in [7, 11) is 0. The lowest BCUT2D eigenvalue weighted by atomic mass is 9.99. The van der Waals surface area contributed by atoms with Crippen LogP contribution in [-0.4, -0.2) is 42.0 Å². The monoisotopic (exact) mass is 352 g/mol. The Kier molecular flexibility index (Phi) is 5.73. The van der Waals surface area contributed by atoms with E-state index in [-0.39, 0.29) is 6.42 Å². The first-order chi connectivity index (χ1) is 11.7. The van der Waals surface area contributed by atoms with E-state index in [2.05, 4.69) is 5.32 Å². The number of fused-ring (bicyclic) bond motifs is 1. The van der Waals surface area contributed by atoms with Gasteiger partial charge in [-0.25, -0.2) is 9.59 Å². The molecule has 0 unspecified atom stereocenters. The van der Waals surface area contributed by atoms with Gasteiger partial charge in [-0.15, -0.1) is 0 Å². The SMILES string of the molecule is CC(C)(C)OC(=O)N[C@H](C[C@@H](N)c1ccc2c(c1)OCCO2)C(=O)O. The molecule has 1 aliphatic rings. The lowest BCUT2D eigenvalue weighted by molar-refractivity contribution is -0.139. The summed E-state index contributed by atoms with van der Waals surface area (Å²) in [5, 5.41) is 11.7. The third kappa shape index (κ3) is 5.53. The number of amides is 1. The topological polar surface area (TPSA) is 120 Å². The number of hydrogen-bond donors (Lipinski definition) is 3. The van der Waals surface area contributed by atoms with Gasteiger partial charge in [0.2, 0.25) is 0 Å². The van der Waals surface area contributed by atoms with E-state index < -0.39 is 29.7 Å². The van der Waals surface area contributed by atoms with Crippen LogP contribution in [0.25, 0.3) is 0 Å². The minimum Gasteiger partial charge on any atom is -0.486 e. The first kappa shape index (κ1) is 18.9. The first-order valence-electron chi connectivity index (χ1n) is 8.03. The summed E-state index contributed by atoms with van der Waals surface area (Å²) in [6.07, 6.45) is -0.789. The highest BCUT2D eigenvalue weighted by Crippen LogP contribution is 2.33. The number of rotatable bonds is 5. The minimum atomic E-state index is -1.18. The molecule has 2 rings (SSSR count). The highest BCUT2D eigenvalue weighted by molar-refractivity contribution is 5.80. The summed E-state index contributed by atoms with van der Waals surface area (Å²) in [6, 6.07) is 3.45. The normalized spacial score (nSPS) is 15.8. The quantitative estimate of drug-likeness (QED) is 0.739. The third-order valence-corrected chi connectivity index (χ3v) is 3.47. The van der Waals surface area contributed by atoms with Gasteiger partial charge in [0.1, 0.15) is 24.9 Å². The van der Waals surface area contributed by atoms with Gasteiger partial charge >= 0.3 is 12.1 Å². The Labute approximate surface area is 146 Å². The van der Waals surface area contributed by atoms with Crippen molar-refractivity contribution >= 4 is 12.1 Å². The second-order valence-corrected chi connectivity index (χ2v) is 6.78. The van der Waals surface area contributed by atoms with E-state index in [1.54, 1.807) is 39.0 Å². The van der Waals surface area contributed by atoms with Gasteiger partial charge in [0.25, 0.3) is 0 Å². The highest BCUT2D eigenvalue weighted by atomic mass is 16.6. The zero-order valence-electron chi connectivity index (χ0n) is 14.6. The maximum absolute atomic E-state index is 11.8. The molecule has 1 aliphatic heterocycles. The molecule has 0 aliphatic carbocycles. The van der Waals surface area contributed by atoms with Gasteiger partial charge in [0.05, 0.1) is 0 Å². The van der Waals surface area contributed by atoms with E-state index in [4.69, 9.17) is 19.9 Å². The molecule has 2 atom stereocenters. The zero-order valence-corrected chi connectivity index (χ0v) is 14.6. The number of aliphatic carboxylic acids is 1. The van der Waals surface area contributed by atoms with Crippen molar-refractivity contribution < 1.29 is 28.9 Å². The number of carbonyl (C=O) groups excluding carboxylic acids is 1. The maximum atomic E-state index is 11.8. The third-order valence-electron chi connectivity index (χ3n) is 3.47. The molecule has 0 bridgehead atoms. The van der Waals surface area contributed by atoms with E-state index >= 15 is 0 Å². The number of ether oxygens (including phenoxy) is 3. The molecule has 25 heavy (non-hydrogen) atoms. The van der Waals surface area contributed by atoms with Crippen LogP contribution < -0.4 is 20.5 Å². The van der Waals surface area contributed by atoms with Gasteiger partial charge in [-0.3, -0.25) is 0 Å². The molecule has 1 aromatic rings. The van der Waals surface area contributed by atoms with E-state index in [1.807, 2.05) is 0 Å². The van der Waals surface area contributed by atoms with Crippen LogP contribution in [0, 0.1) is 0 Å². The smallest absolute Gasteiger partial charge is 0.408 e. The van der Waals surface area contributed by atoms with Crippen molar-refractivity contribution in [3.63, 3.8) is 0 Å². The van der Waals surface area contributed by atoms with E-state index in [9.17, 15) is 14.7 Å². The molecule has 0 saturated carbocycles. The van der Waals surface area contributed by atoms with Gasteiger partial charge in [-0.1, -0.05) is 6.07 Å². The summed E-state index contributed by atoms with van der Waals surface area (Å²) < 4.78 is 16.0. The first-order valence-corrected chi connectivity index (χ1v) is 8.03.